The van der Waals surface area contributed by atoms with E-state index < -0.39 is 41.7 Å². The average Bonchev–Trinajstić information content (AvgIpc) is 3.19. The van der Waals surface area contributed by atoms with Gasteiger partial charge in [0.25, 0.3) is 5.56 Å². The standard InChI is InChI=1S/C21H22F3N3O4/c1-13-7-8-17(31-2)15(11-13)25-19(29)16-6-4-10-27(16)18(28)12-26-9-3-5-14(20(26)30)21(22,23)24/h3,5,7-9,11,16H,4,6,10,12H2,1-2H3,(H,25,29). The second kappa shape index (κ2) is 8.83. The van der Waals surface area contributed by atoms with Crippen LogP contribution in [0.2, 0.25) is 0 Å². The minimum atomic E-state index is -4.81. The summed E-state index contributed by atoms with van der Waals surface area (Å²) in [6.45, 7) is 1.54. The molecule has 2 aromatic rings. The molecule has 3 rings (SSSR count). The van der Waals surface area contributed by atoms with Gasteiger partial charge in [-0.3, -0.25) is 14.4 Å². The molecule has 1 aliphatic heterocycles. The number of aryl methyl sites for hydroxylation is 1. The second-order valence-electron chi connectivity index (χ2n) is 7.29. The minimum absolute atomic E-state index is 0.273. The maximum absolute atomic E-state index is 13.0. The minimum Gasteiger partial charge on any atom is -0.495 e. The number of aromatic nitrogens is 1. The number of pyridine rings is 1. The van der Waals surface area contributed by atoms with Crippen molar-refractivity contribution in [3.63, 3.8) is 0 Å². The second-order valence-corrected chi connectivity index (χ2v) is 7.29. The summed E-state index contributed by atoms with van der Waals surface area (Å²) in [6.07, 6.45) is -2.72. The number of amides is 2. The molecule has 2 heterocycles. The summed E-state index contributed by atoms with van der Waals surface area (Å²) >= 11 is 0. The number of anilines is 1. The molecular weight excluding hydrogens is 415 g/mol. The zero-order valence-corrected chi connectivity index (χ0v) is 17.0. The normalized spacial score (nSPS) is 16.3. The van der Waals surface area contributed by atoms with Crippen molar-refractivity contribution in [3.05, 3.63) is 58.0 Å². The molecule has 1 N–H and O–H groups in total. The number of nitrogens with zero attached hydrogens (tertiary/aromatic N) is 2. The van der Waals surface area contributed by atoms with Crippen LogP contribution in [0.3, 0.4) is 0 Å². The van der Waals surface area contributed by atoms with Gasteiger partial charge in [0.2, 0.25) is 11.8 Å². The number of hydrogen-bond donors (Lipinski definition) is 1. The number of hydrogen-bond acceptors (Lipinski definition) is 4. The molecule has 1 aliphatic rings. The Bertz CT molecular complexity index is 1050. The highest BCUT2D eigenvalue weighted by Crippen LogP contribution is 2.28. The summed E-state index contributed by atoms with van der Waals surface area (Å²) in [5.41, 5.74) is -1.28. The summed E-state index contributed by atoms with van der Waals surface area (Å²) in [5, 5.41) is 2.76. The van der Waals surface area contributed by atoms with Crippen LogP contribution in [0.1, 0.15) is 24.0 Å². The molecule has 166 valence electrons. The maximum Gasteiger partial charge on any atom is 0.421 e. The van der Waals surface area contributed by atoms with Crippen LogP contribution in [0.4, 0.5) is 18.9 Å². The van der Waals surface area contributed by atoms with Crippen molar-refractivity contribution in [1.82, 2.24) is 9.47 Å². The predicted octanol–water partition coefficient (Wildman–Crippen LogP) is 2.81. The van der Waals surface area contributed by atoms with Crippen molar-refractivity contribution in [2.24, 2.45) is 0 Å². The van der Waals surface area contributed by atoms with E-state index in [2.05, 4.69) is 5.32 Å². The smallest absolute Gasteiger partial charge is 0.421 e. The molecule has 2 amide bonds. The first-order valence-corrected chi connectivity index (χ1v) is 9.63. The van der Waals surface area contributed by atoms with Crippen LogP contribution in [0, 0.1) is 6.92 Å². The third-order valence-electron chi connectivity index (χ3n) is 5.12. The van der Waals surface area contributed by atoms with Crippen LogP contribution >= 0.6 is 0 Å². The molecule has 0 aliphatic carbocycles. The van der Waals surface area contributed by atoms with Gasteiger partial charge in [-0.05, 0) is 49.6 Å². The molecule has 0 radical (unpaired) electrons. The van der Waals surface area contributed by atoms with Gasteiger partial charge in [-0.15, -0.1) is 0 Å². The third-order valence-corrected chi connectivity index (χ3v) is 5.12. The van der Waals surface area contributed by atoms with Gasteiger partial charge < -0.3 is 19.5 Å². The van der Waals surface area contributed by atoms with E-state index in [9.17, 15) is 27.6 Å². The van der Waals surface area contributed by atoms with E-state index in [0.717, 1.165) is 17.8 Å². The summed E-state index contributed by atoms with van der Waals surface area (Å²) < 4.78 is 44.8. The summed E-state index contributed by atoms with van der Waals surface area (Å²) in [7, 11) is 1.47. The van der Waals surface area contributed by atoms with Gasteiger partial charge in [0, 0.05) is 12.7 Å². The topological polar surface area (TPSA) is 80.6 Å². The first kappa shape index (κ1) is 22.4. The summed E-state index contributed by atoms with van der Waals surface area (Å²) in [5.74, 6) is -0.563. The lowest BCUT2D eigenvalue weighted by atomic mass is 10.1. The number of halogens is 3. The number of likely N-dealkylation sites (tertiary alicyclic amines) is 1. The van der Waals surface area contributed by atoms with Gasteiger partial charge in [0.05, 0.1) is 12.8 Å². The lowest BCUT2D eigenvalue weighted by Gasteiger charge is -2.25. The Kier molecular flexibility index (Phi) is 6.37. The molecule has 1 unspecified atom stereocenters. The van der Waals surface area contributed by atoms with Crippen molar-refractivity contribution in [1.29, 1.82) is 0 Å². The first-order valence-electron chi connectivity index (χ1n) is 9.63. The Labute approximate surface area is 176 Å². The van der Waals surface area contributed by atoms with Gasteiger partial charge in [0.1, 0.15) is 23.9 Å². The number of carbonyl (C=O) groups is 2. The molecule has 10 heteroatoms. The van der Waals surface area contributed by atoms with E-state index in [1.165, 1.54) is 12.0 Å². The number of methoxy groups -OCH3 is 1. The highest BCUT2D eigenvalue weighted by Gasteiger charge is 2.36. The monoisotopic (exact) mass is 437 g/mol. The third kappa shape index (κ3) is 4.89. The van der Waals surface area contributed by atoms with Gasteiger partial charge in [-0.2, -0.15) is 13.2 Å². The van der Waals surface area contributed by atoms with E-state index in [-0.39, 0.29) is 6.54 Å². The number of carbonyl (C=O) groups excluding carboxylic acids is 2. The van der Waals surface area contributed by atoms with E-state index in [4.69, 9.17) is 4.74 Å². The van der Waals surface area contributed by atoms with Crippen LogP contribution in [0.5, 0.6) is 5.75 Å². The van der Waals surface area contributed by atoms with Crippen LogP contribution in [0.15, 0.2) is 41.3 Å². The quantitative estimate of drug-likeness (QED) is 0.780. The molecular formula is C21H22F3N3O4. The van der Waals surface area contributed by atoms with Crippen molar-refractivity contribution in [2.75, 3.05) is 19.0 Å². The van der Waals surface area contributed by atoms with E-state index in [0.29, 0.717) is 34.9 Å². The van der Waals surface area contributed by atoms with E-state index in [1.807, 2.05) is 13.0 Å². The van der Waals surface area contributed by atoms with Crippen LogP contribution in [-0.4, -0.2) is 41.0 Å². The fourth-order valence-corrected chi connectivity index (χ4v) is 3.59. The van der Waals surface area contributed by atoms with Crippen molar-refractivity contribution < 1.29 is 27.5 Å². The first-order chi connectivity index (χ1) is 14.6. The Morgan fingerprint density at radius 1 is 1.26 bits per heavy atom. The van der Waals surface area contributed by atoms with E-state index in [1.54, 1.807) is 12.1 Å². The highest BCUT2D eigenvalue weighted by molar-refractivity contribution is 5.98. The van der Waals surface area contributed by atoms with Crippen molar-refractivity contribution in [3.8, 4) is 5.75 Å². The zero-order chi connectivity index (χ0) is 22.8. The number of benzene rings is 1. The Morgan fingerprint density at radius 2 is 2.00 bits per heavy atom. The predicted molar refractivity (Wildman–Crippen MR) is 107 cm³/mol. The van der Waals surface area contributed by atoms with E-state index >= 15 is 0 Å². The van der Waals surface area contributed by atoms with Gasteiger partial charge in [-0.1, -0.05) is 6.07 Å². The Hall–Kier alpha value is -3.30. The molecule has 0 spiro atoms. The number of alkyl halides is 3. The lowest BCUT2D eigenvalue weighted by molar-refractivity contribution is -0.140. The largest absolute Gasteiger partial charge is 0.495 e. The van der Waals surface area contributed by atoms with Gasteiger partial charge >= 0.3 is 6.18 Å². The van der Waals surface area contributed by atoms with Crippen LogP contribution in [-0.2, 0) is 22.3 Å². The molecule has 1 aromatic heterocycles. The average molecular weight is 437 g/mol. The summed E-state index contributed by atoms with van der Waals surface area (Å²) in [6, 6.07) is 6.22. The van der Waals surface area contributed by atoms with Crippen LogP contribution in [0.25, 0.3) is 0 Å². The molecule has 31 heavy (non-hydrogen) atoms. The molecule has 1 aromatic carbocycles. The summed E-state index contributed by atoms with van der Waals surface area (Å²) in [4.78, 5) is 39.0. The Balaban J connectivity index is 1.76. The van der Waals surface area contributed by atoms with Crippen LogP contribution < -0.4 is 15.6 Å². The van der Waals surface area contributed by atoms with Crippen molar-refractivity contribution in [2.45, 2.75) is 38.5 Å². The fourth-order valence-electron chi connectivity index (χ4n) is 3.59. The fraction of sp³-hybridized carbons (Fsp3) is 0.381. The van der Waals surface area contributed by atoms with Gasteiger partial charge in [-0.25, -0.2) is 0 Å². The Morgan fingerprint density at radius 3 is 2.68 bits per heavy atom. The maximum atomic E-state index is 13.0. The van der Waals surface area contributed by atoms with Crippen molar-refractivity contribution >= 4 is 17.5 Å². The molecule has 1 fully saturated rings. The molecule has 0 bridgehead atoms. The molecule has 1 saturated heterocycles. The molecule has 1 atom stereocenters. The number of nitrogens with one attached hydrogen (secondary N) is 1. The molecule has 0 saturated carbocycles. The number of ether oxygens (including phenoxy) is 1. The number of rotatable bonds is 5. The van der Waals surface area contributed by atoms with Gasteiger partial charge in [0.15, 0.2) is 0 Å². The highest BCUT2D eigenvalue weighted by atomic mass is 19.4. The SMILES string of the molecule is COc1ccc(C)cc1NC(=O)C1CCCN1C(=O)Cn1cccc(C(F)(F)F)c1=O. The lowest BCUT2D eigenvalue weighted by Crippen LogP contribution is -2.45. The zero-order valence-electron chi connectivity index (χ0n) is 17.0. The molecule has 7 nitrogen and oxygen atoms in total.